The van der Waals surface area contributed by atoms with Crippen LogP contribution in [0.4, 0.5) is 0 Å². The van der Waals surface area contributed by atoms with E-state index in [0.717, 1.165) is 43.7 Å². The quantitative estimate of drug-likeness (QED) is 0.447. The van der Waals surface area contributed by atoms with E-state index in [2.05, 4.69) is 46.1 Å². The summed E-state index contributed by atoms with van der Waals surface area (Å²) in [6, 6.07) is 8.96. The molecule has 1 saturated carbocycles. The molecule has 0 radical (unpaired) electrons. The molecular weight excluding hydrogens is 356 g/mol. The van der Waals surface area contributed by atoms with E-state index in [9.17, 15) is 4.79 Å². The first kappa shape index (κ1) is 20.1. The van der Waals surface area contributed by atoms with Gasteiger partial charge in [0, 0.05) is 44.4 Å². The van der Waals surface area contributed by atoms with E-state index >= 15 is 0 Å². The number of rotatable bonds is 6. The molecule has 148 valence electrons. The molecule has 3 rings (SSSR count). The van der Waals surface area contributed by atoms with Crippen molar-refractivity contribution in [3.8, 4) is 0 Å². The summed E-state index contributed by atoms with van der Waals surface area (Å²) in [5.41, 5.74) is 2.67. The summed E-state index contributed by atoms with van der Waals surface area (Å²) in [5.74, 6) is 1.12. The third kappa shape index (κ3) is 5.64. The summed E-state index contributed by atoms with van der Waals surface area (Å²) in [7, 11) is 1.81. The first-order valence-electron chi connectivity index (χ1n) is 10.0. The molecule has 0 saturated heterocycles. The van der Waals surface area contributed by atoms with Crippen molar-refractivity contribution in [1.29, 1.82) is 0 Å². The van der Waals surface area contributed by atoms with Gasteiger partial charge in [0.1, 0.15) is 0 Å². The third-order valence-electron chi connectivity index (χ3n) is 5.63. The van der Waals surface area contributed by atoms with Gasteiger partial charge < -0.3 is 15.5 Å². The van der Waals surface area contributed by atoms with Gasteiger partial charge in [0.2, 0.25) is 5.91 Å². The second kappa shape index (κ2) is 10.0. The van der Waals surface area contributed by atoms with Crippen LogP contribution in [0.3, 0.4) is 0 Å². The lowest BCUT2D eigenvalue weighted by Gasteiger charge is -2.29. The first-order valence-corrected chi connectivity index (χ1v) is 11.3. The maximum atomic E-state index is 12.5. The van der Waals surface area contributed by atoms with Gasteiger partial charge >= 0.3 is 0 Å². The number of hydrogen-bond acceptors (Lipinski definition) is 3. The number of nitrogens with zero attached hydrogens (tertiary/aromatic N) is 2. The molecule has 5 nitrogen and oxygen atoms in total. The molecule has 1 heterocycles. The zero-order valence-electron chi connectivity index (χ0n) is 16.5. The van der Waals surface area contributed by atoms with Crippen molar-refractivity contribution in [1.82, 2.24) is 15.5 Å². The molecule has 1 aromatic carbocycles. The predicted molar refractivity (Wildman–Crippen MR) is 114 cm³/mol. The molecule has 1 aliphatic carbocycles. The standard InChI is InChI=1S/C21H32N4OS/c1-22-21(24-18-9-10-19(14-18)27-2)23-12-5-8-20(26)25-13-11-16-6-3-4-7-17(16)15-25/h3-4,6-7,18-19H,5,8-15H2,1-2H3,(H2,22,23,24). The van der Waals surface area contributed by atoms with Crippen LogP contribution in [0.15, 0.2) is 29.3 Å². The van der Waals surface area contributed by atoms with E-state index in [1.54, 1.807) is 0 Å². The number of fused-ring (bicyclic) bond motifs is 1. The predicted octanol–water partition coefficient (Wildman–Crippen LogP) is 2.80. The molecule has 2 atom stereocenters. The van der Waals surface area contributed by atoms with Crippen LogP contribution in [0, 0.1) is 0 Å². The Bertz CT molecular complexity index is 663. The zero-order chi connectivity index (χ0) is 19.1. The van der Waals surface area contributed by atoms with Crippen molar-refractivity contribution in [2.45, 2.75) is 56.4 Å². The monoisotopic (exact) mass is 388 g/mol. The molecule has 2 N–H and O–H groups in total. The van der Waals surface area contributed by atoms with Crippen LogP contribution in [0.25, 0.3) is 0 Å². The van der Waals surface area contributed by atoms with E-state index in [1.807, 2.05) is 23.7 Å². The van der Waals surface area contributed by atoms with Gasteiger partial charge in [-0.15, -0.1) is 0 Å². The number of carbonyl (C=O) groups excluding carboxylic acids is 1. The Balaban J connectivity index is 1.35. The van der Waals surface area contributed by atoms with Crippen molar-refractivity contribution >= 4 is 23.6 Å². The minimum Gasteiger partial charge on any atom is -0.356 e. The second-order valence-electron chi connectivity index (χ2n) is 7.45. The van der Waals surface area contributed by atoms with Gasteiger partial charge in [-0.2, -0.15) is 11.8 Å². The van der Waals surface area contributed by atoms with Crippen LogP contribution >= 0.6 is 11.8 Å². The number of aliphatic imine (C=N–C) groups is 1. The molecule has 0 aromatic heterocycles. The SMILES string of the molecule is CN=C(NCCCC(=O)N1CCc2ccccc2C1)NC1CCC(SC)C1. The lowest BCUT2D eigenvalue weighted by Crippen LogP contribution is -2.43. The summed E-state index contributed by atoms with van der Waals surface area (Å²) in [5, 5.41) is 7.66. The van der Waals surface area contributed by atoms with Crippen molar-refractivity contribution in [2.24, 2.45) is 4.99 Å². The van der Waals surface area contributed by atoms with Crippen LogP contribution in [0.1, 0.15) is 43.2 Å². The Morgan fingerprint density at radius 1 is 1.30 bits per heavy atom. The topological polar surface area (TPSA) is 56.7 Å². The number of nitrogens with one attached hydrogen (secondary N) is 2. The summed E-state index contributed by atoms with van der Waals surface area (Å²) in [4.78, 5) is 18.8. The van der Waals surface area contributed by atoms with Crippen molar-refractivity contribution < 1.29 is 4.79 Å². The van der Waals surface area contributed by atoms with Crippen LogP contribution in [-0.2, 0) is 17.8 Å². The van der Waals surface area contributed by atoms with Gasteiger partial charge in [-0.3, -0.25) is 9.79 Å². The maximum Gasteiger partial charge on any atom is 0.222 e. The molecule has 6 heteroatoms. The highest BCUT2D eigenvalue weighted by Crippen LogP contribution is 2.28. The summed E-state index contributed by atoms with van der Waals surface area (Å²) in [6.07, 6.45) is 8.27. The second-order valence-corrected chi connectivity index (χ2v) is 8.59. The Hall–Kier alpha value is -1.69. The minimum atomic E-state index is 0.257. The maximum absolute atomic E-state index is 12.5. The molecule has 1 aromatic rings. The number of hydrogen-bond donors (Lipinski definition) is 2. The number of thioether (sulfide) groups is 1. The lowest BCUT2D eigenvalue weighted by atomic mass is 9.99. The highest BCUT2D eigenvalue weighted by molar-refractivity contribution is 7.99. The molecule has 2 unspecified atom stereocenters. The van der Waals surface area contributed by atoms with E-state index in [4.69, 9.17) is 0 Å². The highest BCUT2D eigenvalue weighted by atomic mass is 32.2. The molecule has 27 heavy (non-hydrogen) atoms. The molecule has 0 spiro atoms. The fraction of sp³-hybridized carbons (Fsp3) is 0.619. The molecule has 1 fully saturated rings. The van der Waals surface area contributed by atoms with Crippen molar-refractivity contribution in [3.63, 3.8) is 0 Å². The van der Waals surface area contributed by atoms with E-state index in [-0.39, 0.29) is 5.91 Å². The Kier molecular flexibility index (Phi) is 7.44. The summed E-state index contributed by atoms with van der Waals surface area (Å²) in [6.45, 7) is 2.36. The van der Waals surface area contributed by atoms with Crippen LogP contribution in [0.5, 0.6) is 0 Å². The van der Waals surface area contributed by atoms with Gasteiger partial charge in [-0.25, -0.2) is 0 Å². The van der Waals surface area contributed by atoms with E-state index in [0.29, 0.717) is 12.5 Å². The molecule has 1 amide bonds. The highest BCUT2D eigenvalue weighted by Gasteiger charge is 2.24. The normalized spacial score (nSPS) is 22.4. The summed E-state index contributed by atoms with van der Waals surface area (Å²) < 4.78 is 0. The lowest BCUT2D eigenvalue weighted by molar-refractivity contribution is -0.132. The smallest absolute Gasteiger partial charge is 0.222 e. The Morgan fingerprint density at radius 2 is 2.11 bits per heavy atom. The first-order chi connectivity index (χ1) is 13.2. The minimum absolute atomic E-state index is 0.257. The molecular formula is C21H32N4OS. The number of guanidine groups is 1. The van der Waals surface area contributed by atoms with Crippen LogP contribution in [0.2, 0.25) is 0 Å². The van der Waals surface area contributed by atoms with Gasteiger partial charge in [0.25, 0.3) is 0 Å². The van der Waals surface area contributed by atoms with Crippen LogP contribution < -0.4 is 10.6 Å². The van der Waals surface area contributed by atoms with Gasteiger partial charge in [0.05, 0.1) is 0 Å². The van der Waals surface area contributed by atoms with Crippen molar-refractivity contribution in [3.05, 3.63) is 35.4 Å². The number of amides is 1. The van der Waals surface area contributed by atoms with Gasteiger partial charge in [-0.1, -0.05) is 24.3 Å². The van der Waals surface area contributed by atoms with E-state index < -0.39 is 0 Å². The summed E-state index contributed by atoms with van der Waals surface area (Å²) >= 11 is 1.96. The Morgan fingerprint density at radius 3 is 2.85 bits per heavy atom. The zero-order valence-corrected chi connectivity index (χ0v) is 17.4. The van der Waals surface area contributed by atoms with Gasteiger partial charge in [-0.05, 0) is 49.5 Å². The largest absolute Gasteiger partial charge is 0.356 e. The molecule has 1 aliphatic heterocycles. The fourth-order valence-electron chi connectivity index (χ4n) is 3.99. The average Bonchev–Trinajstić information content (AvgIpc) is 3.17. The third-order valence-corrected chi connectivity index (χ3v) is 6.72. The molecule has 0 bridgehead atoms. The van der Waals surface area contributed by atoms with Gasteiger partial charge in [0.15, 0.2) is 5.96 Å². The van der Waals surface area contributed by atoms with E-state index in [1.165, 1.54) is 30.4 Å². The van der Waals surface area contributed by atoms with Crippen LogP contribution in [-0.4, -0.2) is 54.5 Å². The van der Waals surface area contributed by atoms with Crippen molar-refractivity contribution in [2.75, 3.05) is 26.4 Å². The Labute approximate surface area is 167 Å². The average molecular weight is 389 g/mol. The number of carbonyl (C=O) groups is 1. The number of benzene rings is 1. The molecule has 2 aliphatic rings. The fourth-order valence-corrected chi connectivity index (χ4v) is 4.78.